The van der Waals surface area contributed by atoms with E-state index in [1.165, 1.54) is 22.3 Å². The summed E-state index contributed by atoms with van der Waals surface area (Å²) >= 11 is 0. The topological polar surface area (TPSA) is 18.5 Å². The van der Waals surface area contributed by atoms with Crippen molar-refractivity contribution in [3.05, 3.63) is 82.9 Å². The van der Waals surface area contributed by atoms with Gasteiger partial charge in [-0.3, -0.25) is 0 Å². The highest BCUT2D eigenvalue weighted by molar-refractivity contribution is 5.81. The van der Waals surface area contributed by atoms with Crippen LogP contribution in [0.3, 0.4) is 0 Å². The molecule has 1 aliphatic rings. The van der Waals surface area contributed by atoms with Crippen molar-refractivity contribution in [2.24, 2.45) is 0 Å². The largest absolute Gasteiger partial charge is 0.488 e. The molecule has 2 heteroatoms. The average Bonchev–Trinajstić information content (AvgIpc) is 2.60. The Hall–Kier alpha value is -2.74. The standard InChI is InChI=1S/C22H20O2/c1-15-7-5-11-19-21(15)22-16(2)8-6-12-20(22)24-14-18-10-4-3-9-17(18)13-23-19/h3-12H,13-14H2,1-2H3. The van der Waals surface area contributed by atoms with Crippen LogP contribution in [0.25, 0.3) is 11.1 Å². The van der Waals surface area contributed by atoms with Crippen molar-refractivity contribution in [2.45, 2.75) is 27.1 Å². The lowest BCUT2D eigenvalue weighted by atomic mass is 9.94. The molecule has 1 aliphatic heterocycles. The van der Waals surface area contributed by atoms with Gasteiger partial charge in [-0.2, -0.15) is 0 Å². The summed E-state index contributed by atoms with van der Waals surface area (Å²) in [6, 6.07) is 20.7. The minimum absolute atomic E-state index is 0.553. The average molecular weight is 316 g/mol. The molecule has 3 aromatic rings. The lowest BCUT2D eigenvalue weighted by Gasteiger charge is -2.22. The summed E-state index contributed by atoms with van der Waals surface area (Å²) in [5.74, 6) is 1.82. The summed E-state index contributed by atoms with van der Waals surface area (Å²) in [5.41, 5.74) is 6.98. The number of aryl methyl sites for hydroxylation is 2. The van der Waals surface area contributed by atoms with Crippen molar-refractivity contribution in [3.8, 4) is 22.6 Å². The Balaban J connectivity index is 1.95. The monoisotopic (exact) mass is 316 g/mol. The van der Waals surface area contributed by atoms with E-state index in [9.17, 15) is 0 Å². The van der Waals surface area contributed by atoms with Crippen molar-refractivity contribution < 1.29 is 9.47 Å². The molecule has 0 saturated carbocycles. The van der Waals surface area contributed by atoms with Crippen molar-refractivity contribution in [3.63, 3.8) is 0 Å². The molecule has 0 aromatic heterocycles. The SMILES string of the molecule is Cc1cccc2c1-c1c(C)cccc1OCc1ccccc1CO2. The summed E-state index contributed by atoms with van der Waals surface area (Å²) in [5, 5.41) is 0. The minimum Gasteiger partial charge on any atom is -0.488 e. The van der Waals surface area contributed by atoms with Gasteiger partial charge in [-0.15, -0.1) is 0 Å². The Labute approximate surface area is 142 Å². The molecule has 0 amide bonds. The van der Waals surface area contributed by atoms with Crippen LogP contribution in [0.4, 0.5) is 0 Å². The molecule has 0 unspecified atom stereocenters. The molecule has 2 nitrogen and oxygen atoms in total. The maximum Gasteiger partial charge on any atom is 0.128 e. The van der Waals surface area contributed by atoms with Gasteiger partial charge in [0.15, 0.2) is 0 Å². The van der Waals surface area contributed by atoms with E-state index in [1.807, 2.05) is 36.4 Å². The molecule has 0 atom stereocenters. The molecule has 3 aromatic carbocycles. The van der Waals surface area contributed by atoms with Gasteiger partial charge in [-0.05, 0) is 48.2 Å². The van der Waals surface area contributed by atoms with Crippen LogP contribution >= 0.6 is 0 Å². The number of hydrogen-bond acceptors (Lipinski definition) is 2. The molecule has 4 rings (SSSR count). The Kier molecular flexibility index (Phi) is 3.73. The molecule has 0 spiro atoms. The van der Waals surface area contributed by atoms with E-state index in [-0.39, 0.29) is 0 Å². The number of hydrogen-bond donors (Lipinski definition) is 0. The lowest BCUT2D eigenvalue weighted by Crippen LogP contribution is -2.07. The van der Waals surface area contributed by atoms with Crippen LogP contribution in [0.15, 0.2) is 60.7 Å². The van der Waals surface area contributed by atoms with Crippen LogP contribution in [0.2, 0.25) is 0 Å². The summed E-state index contributed by atoms with van der Waals surface area (Å²) < 4.78 is 12.5. The van der Waals surface area contributed by atoms with Gasteiger partial charge in [-0.25, -0.2) is 0 Å². The fourth-order valence-electron chi connectivity index (χ4n) is 3.31. The molecule has 0 fully saturated rings. The normalized spacial score (nSPS) is 12.9. The summed E-state index contributed by atoms with van der Waals surface area (Å²) in [4.78, 5) is 0. The second kappa shape index (κ2) is 6.04. The molecule has 0 N–H and O–H groups in total. The number of fused-ring (bicyclic) bond motifs is 4. The van der Waals surface area contributed by atoms with Crippen molar-refractivity contribution in [1.82, 2.24) is 0 Å². The quantitative estimate of drug-likeness (QED) is 0.549. The summed E-state index contributed by atoms with van der Waals surface area (Å²) in [7, 11) is 0. The van der Waals surface area contributed by atoms with Crippen LogP contribution in [0.5, 0.6) is 11.5 Å². The first-order valence-corrected chi connectivity index (χ1v) is 8.26. The second-order valence-corrected chi connectivity index (χ2v) is 6.24. The molecule has 0 radical (unpaired) electrons. The van der Waals surface area contributed by atoms with Crippen molar-refractivity contribution in [1.29, 1.82) is 0 Å². The van der Waals surface area contributed by atoms with E-state index in [0.29, 0.717) is 13.2 Å². The van der Waals surface area contributed by atoms with Crippen molar-refractivity contribution >= 4 is 0 Å². The Morgan fingerprint density at radius 3 is 1.50 bits per heavy atom. The maximum atomic E-state index is 6.23. The van der Waals surface area contributed by atoms with E-state index >= 15 is 0 Å². The molecule has 1 heterocycles. The van der Waals surface area contributed by atoms with E-state index in [1.54, 1.807) is 0 Å². The molecule has 0 bridgehead atoms. The molecule has 120 valence electrons. The van der Waals surface area contributed by atoms with Gasteiger partial charge in [0, 0.05) is 11.1 Å². The van der Waals surface area contributed by atoms with Crippen LogP contribution in [-0.2, 0) is 13.2 Å². The van der Waals surface area contributed by atoms with Gasteiger partial charge >= 0.3 is 0 Å². The fourth-order valence-corrected chi connectivity index (χ4v) is 3.31. The third kappa shape index (κ3) is 2.54. The van der Waals surface area contributed by atoms with Crippen LogP contribution in [-0.4, -0.2) is 0 Å². The van der Waals surface area contributed by atoms with Crippen molar-refractivity contribution in [2.75, 3.05) is 0 Å². The van der Waals surface area contributed by atoms with Gasteiger partial charge in [0.2, 0.25) is 0 Å². The van der Waals surface area contributed by atoms with Crippen LogP contribution in [0.1, 0.15) is 22.3 Å². The maximum absolute atomic E-state index is 6.23. The number of benzene rings is 3. The minimum atomic E-state index is 0.553. The van der Waals surface area contributed by atoms with E-state index in [4.69, 9.17) is 9.47 Å². The van der Waals surface area contributed by atoms with Crippen LogP contribution in [0, 0.1) is 13.8 Å². The number of rotatable bonds is 0. The molecule has 0 saturated heterocycles. The molecular formula is C22H20O2. The second-order valence-electron chi connectivity index (χ2n) is 6.24. The third-order valence-corrected chi connectivity index (χ3v) is 4.60. The lowest BCUT2D eigenvalue weighted by molar-refractivity contribution is 0.282. The highest BCUT2D eigenvalue weighted by atomic mass is 16.5. The highest BCUT2D eigenvalue weighted by Gasteiger charge is 2.19. The van der Waals surface area contributed by atoms with Gasteiger partial charge in [0.05, 0.1) is 0 Å². The zero-order chi connectivity index (χ0) is 16.5. The zero-order valence-corrected chi connectivity index (χ0v) is 14.0. The number of ether oxygens (including phenoxy) is 2. The first kappa shape index (κ1) is 14.8. The van der Waals surface area contributed by atoms with E-state index in [0.717, 1.165) is 22.6 Å². The first-order valence-electron chi connectivity index (χ1n) is 8.26. The first-order chi connectivity index (χ1) is 11.7. The molecule has 0 aliphatic carbocycles. The predicted molar refractivity (Wildman–Crippen MR) is 96.5 cm³/mol. The van der Waals surface area contributed by atoms with Gasteiger partial charge in [0.25, 0.3) is 0 Å². The zero-order valence-electron chi connectivity index (χ0n) is 14.0. The Morgan fingerprint density at radius 1 is 0.583 bits per heavy atom. The van der Waals surface area contributed by atoms with Gasteiger partial charge in [0.1, 0.15) is 24.7 Å². The smallest absolute Gasteiger partial charge is 0.128 e. The molecular weight excluding hydrogens is 296 g/mol. The Bertz CT molecular complexity index is 822. The third-order valence-electron chi connectivity index (χ3n) is 4.60. The highest BCUT2D eigenvalue weighted by Crippen LogP contribution is 2.42. The van der Waals surface area contributed by atoms with E-state index in [2.05, 4.69) is 38.1 Å². The summed E-state index contributed by atoms with van der Waals surface area (Å²) in [6.07, 6.45) is 0. The van der Waals surface area contributed by atoms with Crippen LogP contribution < -0.4 is 9.47 Å². The predicted octanol–water partition coefficient (Wildman–Crippen LogP) is 5.44. The van der Waals surface area contributed by atoms with Gasteiger partial charge < -0.3 is 9.47 Å². The van der Waals surface area contributed by atoms with E-state index < -0.39 is 0 Å². The summed E-state index contributed by atoms with van der Waals surface area (Å²) in [6.45, 7) is 5.35. The van der Waals surface area contributed by atoms with Gasteiger partial charge in [-0.1, -0.05) is 48.5 Å². The Morgan fingerprint density at radius 2 is 1.04 bits per heavy atom. The fraction of sp³-hybridized carbons (Fsp3) is 0.182. The molecule has 24 heavy (non-hydrogen) atoms.